The summed E-state index contributed by atoms with van der Waals surface area (Å²) in [4.78, 5) is 23.9. The number of esters is 1. The van der Waals surface area contributed by atoms with Gasteiger partial charge >= 0.3 is 5.97 Å². The second-order valence-electron chi connectivity index (χ2n) is 6.60. The molecule has 30 heavy (non-hydrogen) atoms. The molecule has 0 radical (unpaired) electrons. The van der Waals surface area contributed by atoms with Gasteiger partial charge in [0.25, 0.3) is 5.91 Å². The van der Waals surface area contributed by atoms with Gasteiger partial charge in [-0.3, -0.25) is 9.59 Å². The van der Waals surface area contributed by atoms with E-state index in [1.807, 2.05) is 18.2 Å². The van der Waals surface area contributed by atoms with Crippen LogP contribution in [-0.2, 0) is 27.2 Å². The summed E-state index contributed by atoms with van der Waals surface area (Å²) in [6, 6.07) is 10.9. The molecule has 0 aliphatic carbocycles. The molecule has 0 spiro atoms. The fraction of sp³-hybridized carbons (Fsp3) is 0.364. The predicted molar refractivity (Wildman–Crippen MR) is 108 cm³/mol. The zero-order valence-electron chi connectivity index (χ0n) is 17.1. The van der Waals surface area contributed by atoms with E-state index in [1.165, 1.54) is 14.2 Å². The van der Waals surface area contributed by atoms with Gasteiger partial charge in [-0.1, -0.05) is 12.1 Å². The van der Waals surface area contributed by atoms with E-state index < -0.39 is 5.97 Å². The number of rotatable bonds is 9. The van der Waals surface area contributed by atoms with Crippen molar-refractivity contribution in [3.05, 3.63) is 47.5 Å². The van der Waals surface area contributed by atoms with Gasteiger partial charge in [-0.15, -0.1) is 0 Å². The van der Waals surface area contributed by atoms with Gasteiger partial charge in [0.15, 0.2) is 29.6 Å². The lowest BCUT2D eigenvalue weighted by Crippen LogP contribution is -2.30. The summed E-state index contributed by atoms with van der Waals surface area (Å²) in [6.07, 6.45) is 0.660. The average molecular weight is 415 g/mol. The smallest absolute Gasteiger partial charge is 0.310 e. The number of carbonyl (C=O) groups excluding carboxylic acids is 2. The maximum Gasteiger partial charge on any atom is 0.310 e. The van der Waals surface area contributed by atoms with Crippen LogP contribution in [0.25, 0.3) is 0 Å². The van der Waals surface area contributed by atoms with Gasteiger partial charge in [-0.2, -0.15) is 0 Å². The van der Waals surface area contributed by atoms with Gasteiger partial charge in [-0.25, -0.2) is 0 Å². The van der Waals surface area contributed by atoms with Gasteiger partial charge in [0, 0.05) is 6.54 Å². The number of benzene rings is 2. The summed E-state index contributed by atoms with van der Waals surface area (Å²) in [5, 5.41) is 2.74. The van der Waals surface area contributed by atoms with E-state index in [1.54, 1.807) is 18.2 Å². The van der Waals surface area contributed by atoms with Crippen LogP contribution in [0.3, 0.4) is 0 Å². The Kier molecular flexibility index (Phi) is 7.37. The summed E-state index contributed by atoms with van der Waals surface area (Å²) in [5.74, 6) is 1.70. The minimum Gasteiger partial charge on any atom is -0.493 e. The van der Waals surface area contributed by atoms with E-state index in [-0.39, 0.29) is 18.9 Å². The van der Waals surface area contributed by atoms with Crippen molar-refractivity contribution in [2.45, 2.75) is 12.8 Å². The highest BCUT2D eigenvalue weighted by molar-refractivity contribution is 5.81. The number of methoxy groups -OCH3 is 2. The van der Waals surface area contributed by atoms with Crippen LogP contribution in [0, 0.1) is 0 Å². The highest BCUT2D eigenvalue weighted by Gasteiger charge is 2.13. The first-order valence-corrected chi connectivity index (χ1v) is 9.61. The molecule has 0 saturated heterocycles. The van der Waals surface area contributed by atoms with Crippen molar-refractivity contribution in [3.8, 4) is 23.0 Å². The first-order chi connectivity index (χ1) is 14.6. The summed E-state index contributed by atoms with van der Waals surface area (Å²) < 4.78 is 26.5. The first kappa shape index (κ1) is 21.3. The zero-order valence-corrected chi connectivity index (χ0v) is 17.1. The van der Waals surface area contributed by atoms with Crippen molar-refractivity contribution in [1.82, 2.24) is 5.32 Å². The molecule has 0 fully saturated rings. The Morgan fingerprint density at radius 1 is 0.933 bits per heavy atom. The molecule has 2 aromatic carbocycles. The predicted octanol–water partition coefficient (Wildman–Crippen LogP) is 1.92. The van der Waals surface area contributed by atoms with E-state index in [2.05, 4.69) is 5.32 Å². The average Bonchev–Trinajstić information content (AvgIpc) is 2.77. The normalized spacial score (nSPS) is 12.1. The zero-order chi connectivity index (χ0) is 21.3. The molecule has 8 nitrogen and oxygen atoms in total. The van der Waals surface area contributed by atoms with Crippen molar-refractivity contribution < 1.29 is 33.3 Å². The van der Waals surface area contributed by atoms with Gasteiger partial charge < -0.3 is 29.0 Å². The molecule has 1 aliphatic rings. The molecule has 1 amide bonds. The second kappa shape index (κ2) is 10.4. The number of hydrogen-bond acceptors (Lipinski definition) is 7. The molecule has 8 heteroatoms. The van der Waals surface area contributed by atoms with Gasteiger partial charge in [0.1, 0.15) is 13.2 Å². The number of nitrogens with one attached hydrogen (secondary N) is 1. The van der Waals surface area contributed by atoms with Crippen LogP contribution in [0.1, 0.15) is 11.1 Å². The van der Waals surface area contributed by atoms with Crippen LogP contribution in [0.5, 0.6) is 23.0 Å². The number of carbonyl (C=O) groups is 2. The van der Waals surface area contributed by atoms with Crippen molar-refractivity contribution in [3.63, 3.8) is 0 Å². The Hall–Kier alpha value is -3.42. The molecule has 0 saturated carbocycles. The Morgan fingerprint density at radius 3 is 2.43 bits per heavy atom. The maximum absolute atomic E-state index is 12.0. The molecular formula is C22H25NO7. The highest BCUT2D eigenvalue weighted by atomic mass is 16.6. The standard InChI is InChI=1S/C22H25NO7/c1-26-17-5-4-16(12-19(17)27-2)13-22(25)30-14-21(24)23-8-7-15-3-6-18-20(11-15)29-10-9-28-18/h3-6,11-12H,7-10,13-14H2,1-2H3,(H,23,24). The molecule has 0 atom stereocenters. The van der Waals surface area contributed by atoms with Crippen LogP contribution in [0.4, 0.5) is 0 Å². The van der Waals surface area contributed by atoms with Crippen molar-refractivity contribution in [1.29, 1.82) is 0 Å². The second-order valence-corrected chi connectivity index (χ2v) is 6.60. The lowest BCUT2D eigenvalue weighted by atomic mass is 10.1. The number of ether oxygens (including phenoxy) is 5. The largest absolute Gasteiger partial charge is 0.493 e. The minimum atomic E-state index is -0.496. The Labute approximate surface area is 175 Å². The quantitative estimate of drug-likeness (QED) is 0.626. The van der Waals surface area contributed by atoms with Crippen molar-refractivity contribution in [2.75, 3.05) is 40.6 Å². The SMILES string of the molecule is COc1ccc(CC(=O)OCC(=O)NCCc2ccc3c(c2)OCCO3)cc1OC. The number of hydrogen-bond donors (Lipinski definition) is 1. The van der Waals surface area contributed by atoms with Crippen molar-refractivity contribution >= 4 is 11.9 Å². The molecule has 1 N–H and O–H groups in total. The third kappa shape index (κ3) is 5.79. The molecule has 1 heterocycles. The Bertz CT molecular complexity index is 897. The van der Waals surface area contributed by atoms with Gasteiger partial charge in [0.05, 0.1) is 20.6 Å². The Morgan fingerprint density at radius 2 is 1.67 bits per heavy atom. The van der Waals surface area contributed by atoms with Gasteiger partial charge in [-0.05, 0) is 41.8 Å². The lowest BCUT2D eigenvalue weighted by molar-refractivity contribution is -0.147. The molecule has 0 unspecified atom stereocenters. The summed E-state index contributed by atoms with van der Waals surface area (Å²) in [7, 11) is 3.06. The van der Waals surface area contributed by atoms with Crippen LogP contribution in [-0.4, -0.2) is 52.5 Å². The molecule has 0 aromatic heterocycles. The first-order valence-electron chi connectivity index (χ1n) is 9.61. The third-order valence-corrected chi connectivity index (χ3v) is 4.50. The molecule has 0 bridgehead atoms. The van der Waals surface area contributed by atoms with Crippen molar-refractivity contribution in [2.24, 2.45) is 0 Å². The summed E-state index contributed by atoms with van der Waals surface area (Å²) in [6.45, 7) is 1.17. The monoisotopic (exact) mass is 415 g/mol. The molecule has 2 aromatic rings. The van der Waals surface area contributed by atoms with Crippen LogP contribution in [0.15, 0.2) is 36.4 Å². The topological polar surface area (TPSA) is 92.3 Å². The highest BCUT2D eigenvalue weighted by Crippen LogP contribution is 2.30. The van der Waals surface area contributed by atoms with Crippen LogP contribution in [0.2, 0.25) is 0 Å². The number of fused-ring (bicyclic) bond motifs is 1. The molecule has 3 rings (SSSR count). The summed E-state index contributed by atoms with van der Waals surface area (Å²) >= 11 is 0. The molecular weight excluding hydrogens is 390 g/mol. The van der Waals surface area contributed by atoms with E-state index in [0.29, 0.717) is 49.0 Å². The van der Waals surface area contributed by atoms with E-state index >= 15 is 0 Å². The van der Waals surface area contributed by atoms with Crippen LogP contribution < -0.4 is 24.3 Å². The summed E-state index contributed by atoms with van der Waals surface area (Å²) in [5.41, 5.74) is 1.72. The van der Waals surface area contributed by atoms with E-state index in [9.17, 15) is 9.59 Å². The van der Waals surface area contributed by atoms with E-state index in [0.717, 1.165) is 11.3 Å². The number of amides is 1. The fourth-order valence-electron chi connectivity index (χ4n) is 2.99. The fourth-order valence-corrected chi connectivity index (χ4v) is 2.99. The van der Waals surface area contributed by atoms with Gasteiger partial charge in [0.2, 0.25) is 0 Å². The Balaban J connectivity index is 1.38. The van der Waals surface area contributed by atoms with Crippen LogP contribution >= 0.6 is 0 Å². The lowest BCUT2D eigenvalue weighted by Gasteiger charge is -2.18. The molecule has 1 aliphatic heterocycles. The molecule has 160 valence electrons. The minimum absolute atomic E-state index is 0.0326. The van der Waals surface area contributed by atoms with E-state index in [4.69, 9.17) is 23.7 Å². The third-order valence-electron chi connectivity index (χ3n) is 4.50. The maximum atomic E-state index is 12.0.